The van der Waals surface area contributed by atoms with Gasteiger partial charge in [-0.3, -0.25) is 9.69 Å². The lowest BCUT2D eigenvalue weighted by atomic mass is 10.0. The SMILES string of the molecule is C=CCN1CCC(NC(=O)c2ccc(Br)cc2)CC1. The third-order valence-electron chi connectivity index (χ3n) is 3.42. The first-order valence-corrected chi connectivity index (χ1v) is 7.38. The molecule has 1 saturated heterocycles. The number of halogens is 1. The van der Waals surface area contributed by atoms with Crippen LogP contribution < -0.4 is 5.32 Å². The first-order valence-electron chi connectivity index (χ1n) is 6.58. The molecule has 1 heterocycles. The molecule has 1 amide bonds. The molecule has 0 spiro atoms. The van der Waals surface area contributed by atoms with Gasteiger partial charge in [0, 0.05) is 35.7 Å². The van der Waals surface area contributed by atoms with Crippen LogP contribution in [0.4, 0.5) is 0 Å². The number of amides is 1. The Hall–Kier alpha value is -1.13. The van der Waals surface area contributed by atoms with Crippen LogP contribution >= 0.6 is 15.9 Å². The number of carbonyl (C=O) groups is 1. The molecule has 1 aromatic carbocycles. The fourth-order valence-corrected chi connectivity index (χ4v) is 2.58. The summed E-state index contributed by atoms with van der Waals surface area (Å²) in [5, 5.41) is 3.11. The second-order valence-electron chi connectivity index (χ2n) is 4.84. The highest BCUT2D eigenvalue weighted by Crippen LogP contribution is 2.13. The standard InChI is InChI=1S/C15H19BrN2O/c1-2-9-18-10-7-14(8-11-18)17-15(19)12-3-5-13(16)6-4-12/h2-6,14H,1,7-11H2,(H,17,19). The molecule has 0 bridgehead atoms. The largest absolute Gasteiger partial charge is 0.349 e. The number of hydrogen-bond donors (Lipinski definition) is 1. The molecular formula is C15H19BrN2O. The summed E-state index contributed by atoms with van der Waals surface area (Å²) in [6, 6.07) is 7.75. The quantitative estimate of drug-likeness (QED) is 0.864. The first-order chi connectivity index (χ1) is 9.19. The van der Waals surface area contributed by atoms with Crippen molar-refractivity contribution in [3.8, 4) is 0 Å². The number of hydrogen-bond acceptors (Lipinski definition) is 2. The first kappa shape index (κ1) is 14.3. The van der Waals surface area contributed by atoms with Crippen LogP contribution in [-0.4, -0.2) is 36.5 Å². The summed E-state index contributed by atoms with van der Waals surface area (Å²) < 4.78 is 0.988. The van der Waals surface area contributed by atoms with Gasteiger partial charge in [-0.05, 0) is 37.1 Å². The highest BCUT2D eigenvalue weighted by molar-refractivity contribution is 9.10. The van der Waals surface area contributed by atoms with Crippen LogP contribution in [0, 0.1) is 0 Å². The average Bonchev–Trinajstić information content (AvgIpc) is 2.42. The van der Waals surface area contributed by atoms with Crippen LogP contribution in [0.3, 0.4) is 0 Å². The van der Waals surface area contributed by atoms with Gasteiger partial charge in [0.15, 0.2) is 0 Å². The third-order valence-corrected chi connectivity index (χ3v) is 3.95. The van der Waals surface area contributed by atoms with Crippen LogP contribution in [0.2, 0.25) is 0 Å². The Balaban J connectivity index is 1.83. The van der Waals surface area contributed by atoms with Gasteiger partial charge < -0.3 is 5.32 Å². The zero-order chi connectivity index (χ0) is 13.7. The van der Waals surface area contributed by atoms with Crippen molar-refractivity contribution < 1.29 is 4.79 Å². The molecule has 3 nitrogen and oxygen atoms in total. The van der Waals surface area contributed by atoms with E-state index in [1.54, 1.807) is 0 Å². The number of nitrogens with zero attached hydrogens (tertiary/aromatic N) is 1. The smallest absolute Gasteiger partial charge is 0.251 e. The molecule has 0 aliphatic carbocycles. The topological polar surface area (TPSA) is 32.3 Å². The zero-order valence-corrected chi connectivity index (χ0v) is 12.5. The van der Waals surface area contributed by atoms with Gasteiger partial charge in [0.05, 0.1) is 0 Å². The number of carbonyl (C=O) groups excluding carboxylic acids is 1. The lowest BCUT2D eigenvalue weighted by molar-refractivity contribution is 0.0914. The van der Waals surface area contributed by atoms with Crippen molar-refractivity contribution in [1.29, 1.82) is 0 Å². The molecule has 0 radical (unpaired) electrons. The highest BCUT2D eigenvalue weighted by atomic mass is 79.9. The summed E-state index contributed by atoms with van der Waals surface area (Å²) >= 11 is 3.37. The second-order valence-corrected chi connectivity index (χ2v) is 5.76. The molecule has 1 aromatic rings. The van der Waals surface area contributed by atoms with Crippen molar-refractivity contribution in [2.75, 3.05) is 19.6 Å². The fraction of sp³-hybridized carbons (Fsp3) is 0.400. The van der Waals surface area contributed by atoms with Gasteiger partial charge in [-0.2, -0.15) is 0 Å². The van der Waals surface area contributed by atoms with Crippen LogP contribution in [0.5, 0.6) is 0 Å². The van der Waals surface area contributed by atoms with E-state index in [0.717, 1.165) is 42.5 Å². The van der Waals surface area contributed by atoms with E-state index in [-0.39, 0.29) is 11.9 Å². The van der Waals surface area contributed by atoms with Gasteiger partial charge >= 0.3 is 0 Å². The van der Waals surface area contributed by atoms with E-state index in [0.29, 0.717) is 0 Å². The van der Waals surface area contributed by atoms with Crippen molar-refractivity contribution in [3.05, 3.63) is 47.0 Å². The predicted octanol–water partition coefficient (Wildman–Crippen LogP) is 2.83. The van der Waals surface area contributed by atoms with Gasteiger partial charge in [0.25, 0.3) is 5.91 Å². The summed E-state index contributed by atoms with van der Waals surface area (Å²) in [5.41, 5.74) is 0.719. The predicted molar refractivity (Wildman–Crippen MR) is 81.3 cm³/mol. The van der Waals surface area contributed by atoms with Crippen LogP contribution in [0.15, 0.2) is 41.4 Å². The van der Waals surface area contributed by atoms with Gasteiger partial charge in [0.2, 0.25) is 0 Å². The van der Waals surface area contributed by atoms with E-state index in [4.69, 9.17) is 0 Å². The van der Waals surface area contributed by atoms with Crippen molar-refractivity contribution in [3.63, 3.8) is 0 Å². The summed E-state index contributed by atoms with van der Waals surface area (Å²) in [5.74, 6) is 0.0228. The molecule has 0 atom stereocenters. The Bertz CT molecular complexity index is 436. The molecule has 102 valence electrons. The molecule has 0 unspecified atom stereocenters. The number of likely N-dealkylation sites (tertiary alicyclic amines) is 1. The van der Waals surface area contributed by atoms with Crippen molar-refractivity contribution in [2.24, 2.45) is 0 Å². The second kappa shape index (κ2) is 6.87. The Labute approximate surface area is 122 Å². The van der Waals surface area contributed by atoms with Gasteiger partial charge in [0.1, 0.15) is 0 Å². The molecule has 0 aromatic heterocycles. The summed E-state index contributed by atoms with van der Waals surface area (Å²) in [7, 11) is 0. The molecule has 1 fully saturated rings. The Morgan fingerprint density at radius 1 is 1.37 bits per heavy atom. The summed E-state index contributed by atoms with van der Waals surface area (Å²) in [6.45, 7) is 6.74. The van der Waals surface area contributed by atoms with E-state index >= 15 is 0 Å². The molecule has 19 heavy (non-hydrogen) atoms. The van der Waals surface area contributed by atoms with Crippen molar-refractivity contribution in [1.82, 2.24) is 10.2 Å². The zero-order valence-electron chi connectivity index (χ0n) is 10.9. The maximum Gasteiger partial charge on any atom is 0.251 e. The van der Waals surface area contributed by atoms with E-state index < -0.39 is 0 Å². The van der Waals surface area contributed by atoms with Gasteiger partial charge in [-0.15, -0.1) is 6.58 Å². The lowest BCUT2D eigenvalue weighted by Gasteiger charge is -2.31. The average molecular weight is 323 g/mol. The molecule has 4 heteroatoms. The molecule has 1 aliphatic rings. The summed E-state index contributed by atoms with van der Waals surface area (Å²) in [4.78, 5) is 14.4. The van der Waals surface area contributed by atoms with Crippen LogP contribution in [-0.2, 0) is 0 Å². The monoisotopic (exact) mass is 322 g/mol. The minimum Gasteiger partial charge on any atom is -0.349 e. The van der Waals surface area contributed by atoms with E-state index in [1.807, 2.05) is 30.3 Å². The van der Waals surface area contributed by atoms with Gasteiger partial charge in [-0.1, -0.05) is 22.0 Å². The normalized spacial score (nSPS) is 17.1. The van der Waals surface area contributed by atoms with Crippen LogP contribution in [0.25, 0.3) is 0 Å². The molecule has 1 aliphatic heterocycles. The number of nitrogens with one attached hydrogen (secondary N) is 1. The molecule has 2 rings (SSSR count). The van der Waals surface area contributed by atoms with Crippen molar-refractivity contribution >= 4 is 21.8 Å². The fourth-order valence-electron chi connectivity index (χ4n) is 2.31. The minimum absolute atomic E-state index is 0.0228. The molecule has 1 N–H and O–H groups in total. The van der Waals surface area contributed by atoms with E-state index in [2.05, 4.69) is 32.7 Å². The Morgan fingerprint density at radius 3 is 2.58 bits per heavy atom. The van der Waals surface area contributed by atoms with Gasteiger partial charge in [-0.25, -0.2) is 0 Å². The molecule has 0 saturated carbocycles. The number of rotatable bonds is 4. The Morgan fingerprint density at radius 2 is 2.00 bits per heavy atom. The van der Waals surface area contributed by atoms with E-state index in [9.17, 15) is 4.79 Å². The van der Waals surface area contributed by atoms with Crippen molar-refractivity contribution in [2.45, 2.75) is 18.9 Å². The third kappa shape index (κ3) is 4.18. The number of piperidine rings is 1. The lowest BCUT2D eigenvalue weighted by Crippen LogP contribution is -2.44. The van der Waals surface area contributed by atoms with E-state index in [1.165, 1.54) is 0 Å². The maximum absolute atomic E-state index is 12.1. The number of benzene rings is 1. The van der Waals surface area contributed by atoms with Crippen LogP contribution in [0.1, 0.15) is 23.2 Å². The highest BCUT2D eigenvalue weighted by Gasteiger charge is 2.20. The molecular weight excluding hydrogens is 304 g/mol. The maximum atomic E-state index is 12.1. The minimum atomic E-state index is 0.0228. The summed E-state index contributed by atoms with van der Waals surface area (Å²) in [6.07, 6.45) is 3.95. The Kier molecular flexibility index (Phi) is 5.16.